The molecule has 0 aliphatic heterocycles. The van der Waals surface area contributed by atoms with E-state index in [0.717, 1.165) is 10.3 Å². The zero-order valence-corrected chi connectivity index (χ0v) is 13.2. The number of carbonyl (C=O) groups is 1. The molecule has 0 radical (unpaired) electrons. The van der Waals surface area contributed by atoms with Crippen LogP contribution in [0.3, 0.4) is 0 Å². The second-order valence-electron chi connectivity index (χ2n) is 5.29. The lowest BCUT2D eigenvalue weighted by molar-refractivity contribution is 0.100. The molecule has 1 aromatic carbocycles. The van der Waals surface area contributed by atoms with Crippen molar-refractivity contribution in [3.05, 3.63) is 87.5 Å². The van der Waals surface area contributed by atoms with Crippen molar-refractivity contribution in [3.8, 4) is 5.75 Å². The molecule has 128 valence electrons. The van der Waals surface area contributed by atoms with Crippen LogP contribution in [0.4, 0.5) is 4.39 Å². The van der Waals surface area contributed by atoms with E-state index in [1.54, 1.807) is 18.2 Å². The van der Waals surface area contributed by atoms with Gasteiger partial charge in [0.15, 0.2) is 11.5 Å². The number of aromatic hydroxyl groups is 1. The molecule has 0 atom stereocenters. The van der Waals surface area contributed by atoms with Gasteiger partial charge >= 0.3 is 5.56 Å². The third-order valence-corrected chi connectivity index (χ3v) is 3.65. The van der Waals surface area contributed by atoms with Gasteiger partial charge in [-0.2, -0.15) is 0 Å². The zero-order valence-electron chi connectivity index (χ0n) is 13.2. The van der Waals surface area contributed by atoms with Crippen molar-refractivity contribution in [1.82, 2.24) is 4.73 Å². The second kappa shape index (κ2) is 6.64. The molecule has 3 aromatic rings. The number of hydrogen-bond donors (Lipinski definition) is 1. The highest BCUT2D eigenvalue weighted by Crippen LogP contribution is 2.20. The van der Waals surface area contributed by atoms with E-state index in [-0.39, 0.29) is 17.1 Å². The van der Waals surface area contributed by atoms with Crippen LogP contribution in [0.5, 0.6) is 5.75 Å². The van der Waals surface area contributed by atoms with Gasteiger partial charge in [-0.3, -0.25) is 9.59 Å². The summed E-state index contributed by atoms with van der Waals surface area (Å²) in [4.78, 5) is 29.0. The number of halogens is 1. The summed E-state index contributed by atoms with van der Waals surface area (Å²) in [7, 11) is 1.26. The van der Waals surface area contributed by atoms with Gasteiger partial charge in [-0.1, -0.05) is 12.1 Å². The van der Waals surface area contributed by atoms with Gasteiger partial charge in [0.1, 0.15) is 18.7 Å². The minimum atomic E-state index is -0.841. The summed E-state index contributed by atoms with van der Waals surface area (Å²) >= 11 is 0. The molecule has 7 heteroatoms. The van der Waals surface area contributed by atoms with Gasteiger partial charge in [0.25, 0.3) is 0 Å². The Morgan fingerprint density at radius 1 is 1.20 bits per heavy atom. The summed E-state index contributed by atoms with van der Waals surface area (Å²) in [6.07, 6.45) is 1.61. The van der Waals surface area contributed by atoms with Crippen molar-refractivity contribution in [2.75, 3.05) is 7.11 Å². The van der Waals surface area contributed by atoms with Crippen LogP contribution < -0.4 is 10.4 Å². The van der Waals surface area contributed by atoms with Crippen LogP contribution in [0, 0.1) is 5.82 Å². The Morgan fingerprint density at radius 3 is 2.60 bits per heavy atom. The number of benzene rings is 1. The van der Waals surface area contributed by atoms with Crippen LogP contribution in [0.25, 0.3) is 0 Å². The van der Waals surface area contributed by atoms with E-state index < -0.39 is 17.1 Å². The Kier molecular flexibility index (Phi) is 4.38. The van der Waals surface area contributed by atoms with Crippen LogP contribution in [0.2, 0.25) is 0 Å². The van der Waals surface area contributed by atoms with Crippen LogP contribution in [0.1, 0.15) is 27.4 Å². The third kappa shape index (κ3) is 3.30. The van der Waals surface area contributed by atoms with Crippen molar-refractivity contribution in [1.29, 1.82) is 0 Å². The van der Waals surface area contributed by atoms with Crippen LogP contribution in [0.15, 0.2) is 57.9 Å². The van der Waals surface area contributed by atoms with Crippen molar-refractivity contribution in [2.24, 2.45) is 0 Å². The predicted molar refractivity (Wildman–Crippen MR) is 86.2 cm³/mol. The van der Waals surface area contributed by atoms with Gasteiger partial charge < -0.3 is 14.4 Å². The Bertz CT molecular complexity index is 972. The molecule has 2 aromatic heterocycles. The maximum absolute atomic E-state index is 12.9. The summed E-state index contributed by atoms with van der Waals surface area (Å²) in [5, 5.41) is 9.90. The average Bonchev–Trinajstić information content (AvgIpc) is 3.07. The van der Waals surface area contributed by atoms with E-state index in [4.69, 9.17) is 9.25 Å². The number of pyridine rings is 1. The second-order valence-corrected chi connectivity index (χ2v) is 5.29. The number of rotatable bonds is 5. The van der Waals surface area contributed by atoms with Gasteiger partial charge in [-0.15, -0.1) is 4.73 Å². The molecule has 2 heterocycles. The molecule has 0 aliphatic carbocycles. The van der Waals surface area contributed by atoms with Crippen LogP contribution in [-0.2, 0) is 6.42 Å². The average molecular weight is 343 g/mol. The molecule has 0 unspecified atom stereocenters. The molecule has 3 rings (SSSR count). The molecule has 0 fully saturated rings. The SMILES string of the molecule is COn1ccc(C(=O)c2ccc(Cc3ccc(F)cc3)o2)c(O)c1=O. The molecule has 0 amide bonds. The molecular formula is C18H14FNO5. The first kappa shape index (κ1) is 16.5. The summed E-state index contributed by atoms with van der Waals surface area (Å²) in [5.41, 5.74) is -0.201. The molecule has 0 aliphatic rings. The maximum Gasteiger partial charge on any atom is 0.325 e. The van der Waals surface area contributed by atoms with E-state index in [9.17, 15) is 19.1 Å². The topological polar surface area (TPSA) is 81.7 Å². The first-order valence-electron chi connectivity index (χ1n) is 7.36. The fraction of sp³-hybridized carbons (Fsp3) is 0.111. The van der Waals surface area contributed by atoms with Gasteiger partial charge in [0.2, 0.25) is 5.78 Å². The Morgan fingerprint density at radius 2 is 1.92 bits per heavy atom. The van der Waals surface area contributed by atoms with Crippen LogP contribution in [-0.4, -0.2) is 22.7 Å². The zero-order chi connectivity index (χ0) is 18.0. The highest BCUT2D eigenvalue weighted by atomic mass is 19.1. The lowest BCUT2D eigenvalue weighted by atomic mass is 10.1. The molecule has 6 nitrogen and oxygen atoms in total. The highest BCUT2D eigenvalue weighted by Gasteiger charge is 2.20. The standard InChI is InChI=1S/C18H14FNO5/c1-24-20-9-8-14(17(22)18(20)23)16(21)15-7-6-13(25-15)10-11-2-4-12(19)5-3-11/h2-9,22H,10H2,1H3. The fourth-order valence-electron chi connectivity index (χ4n) is 2.37. The molecule has 0 saturated heterocycles. The highest BCUT2D eigenvalue weighted by molar-refractivity contribution is 6.08. The Balaban J connectivity index is 1.85. The minimum Gasteiger partial charge on any atom is -0.502 e. The summed E-state index contributed by atoms with van der Waals surface area (Å²) in [6.45, 7) is 0. The number of aromatic nitrogens is 1. The minimum absolute atomic E-state index is 0.0121. The van der Waals surface area contributed by atoms with Crippen molar-refractivity contribution >= 4 is 5.78 Å². The van der Waals surface area contributed by atoms with E-state index in [0.29, 0.717) is 12.2 Å². The number of furan rings is 1. The molecule has 0 bridgehead atoms. The lowest BCUT2D eigenvalue weighted by Crippen LogP contribution is -2.25. The Labute approximate surface area is 141 Å². The van der Waals surface area contributed by atoms with E-state index in [1.807, 2.05) is 0 Å². The monoisotopic (exact) mass is 343 g/mol. The summed E-state index contributed by atoms with van der Waals surface area (Å²) in [6, 6.07) is 10.3. The van der Waals surface area contributed by atoms with E-state index >= 15 is 0 Å². The largest absolute Gasteiger partial charge is 0.502 e. The summed E-state index contributed by atoms with van der Waals surface area (Å²) < 4.78 is 19.2. The van der Waals surface area contributed by atoms with Gasteiger partial charge in [0, 0.05) is 12.6 Å². The van der Waals surface area contributed by atoms with Crippen molar-refractivity contribution in [2.45, 2.75) is 6.42 Å². The van der Waals surface area contributed by atoms with Gasteiger partial charge in [-0.05, 0) is 35.9 Å². The van der Waals surface area contributed by atoms with Crippen molar-refractivity contribution in [3.63, 3.8) is 0 Å². The molecular weight excluding hydrogens is 329 g/mol. The quantitative estimate of drug-likeness (QED) is 0.718. The smallest absolute Gasteiger partial charge is 0.325 e. The Hall–Kier alpha value is -3.35. The molecule has 25 heavy (non-hydrogen) atoms. The maximum atomic E-state index is 12.9. The van der Waals surface area contributed by atoms with Gasteiger partial charge in [0.05, 0.1) is 5.56 Å². The molecule has 1 N–H and O–H groups in total. The van der Waals surface area contributed by atoms with E-state index in [2.05, 4.69) is 0 Å². The number of hydrogen-bond acceptors (Lipinski definition) is 5. The number of ketones is 1. The number of carbonyl (C=O) groups excluding carboxylic acids is 1. The first-order chi connectivity index (χ1) is 12.0. The number of nitrogens with zero attached hydrogens (tertiary/aromatic N) is 1. The third-order valence-electron chi connectivity index (χ3n) is 3.65. The van der Waals surface area contributed by atoms with E-state index in [1.165, 1.54) is 37.6 Å². The molecule has 0 saturated carbocycles. The summed E-state index contributed by atoms with van der Waals surface area (Å²) in [5.74, 6) is -1.18. The molecule has 0 spiro atoms. The van der Waals surface area contributed by atoms with Crippen molar-refractivity contribution < 1.29 is 23.5 Å². The fourth-order valence-corrected chi connectivity index (χ4v) is 2.37. The first-order valence-corrected chi connectivity index (χ1v) is 7.36. The predicted octanol–water partition coefficient (Wildman–Crippen LogP) is 2.17. The van der Waals surface area contributed by atoms with Gasteiger partial charge in [-0.25, -0.2) is 4.39 Å². The normalized spacial score (nSPS) is 10.6. The van der Waals surface area contributed by atoms with Crippen LogP contribution >= 0.6 is 0 Å². The lowest BCUT2D eigenvalue weighted by Gasteiger charge is -2.06.